The van der Waals surface area contributed by atoms with Gasteiger partial charge in [0.2, 0.25) is 0 Å². The number of carbonyl (C=O) groups is 1. The molecule has 0 amide bonds. The van der Waals surface area contributed by atoms with E-state index in [-0.39, 0.29) is 5.97 Å². The molecule has 0 unspecified atom stereocenters. The molecule has 10 heavy (non-hydrogen) atoms. The number of rotatable bonds is 3. The van der Waals surface area contributed by atoms with Gasteiger partial charge in [-0.15, -0.1) is 5.73 Å². The van der Waals surface area contributed by atoms with Crippen molar-refractivity contribution in [3.63, 3.8) is 0 Å². The fourth-order valence-corrected chi connectivity index (χ4v) is 0.636. The summed E-state index contributed by atoms with van der Waals surface area (Å²) in [6, 6.07) is 0. The van der Waals surface area contributed by atoms with Crippen molar-refractivity contribution in [1.82, 2.24) is 0 Å². The van der Waals surface area contributed by atoms with Crippen molar-refractivity contribution < 1.29 is 9.53 Å². The summed E-state index contributed by atoms with van der Waals surface area (Å²) in [4.78, 5) is 10.8. The molecule has 0 rings (SSSR count). The van der Waals surface area contributed by atoms with Crippen LogP contribution in [0.25, 0.3) is 0 Å². The van der Waals surface area contributed by atoms with Gasteiger partial charge in [-0.25, -0.2) is 4.79 Å². The zero-order valence-corrected chi connectivity index (χ0v) is 6.44. The van der Waals surface area contributed by atoms with E-state index >= 15 is 0 Å². The van der Waals surface area contributed by atoms with Gasteiger partial charge >= 0.3 is 5.97 Å². The molecule has 2 nitrogen and oxygen atoms in total. The monoisotopic (exact) mass is 140 g/mol. The minimum absolute atomic E-state index is 0.322. The van der Waals surface area contributed by atoms with Crippen LogP contribution >= 0.6 is 0 Å². The molecule has 0 aromatic rings. The normalized spacial score (nSPS) is 8.20. The van der Waals surface area contributed by atoms with Gasteiger partial charge in [0.15, 0.2) is 0 Å². The van der Waals surface area contributed by atoms with Crippen LogP contribution in [-0.2, 0) is 9.53 Å². The summed E-state index contributed by atoms with van der Waals surface area (Å²) >= 11 is 0. The quantitative estimate of drug-likeness (QED) is 0.338. The van der Waals surface area contributed by atoms with Crippen LogP contribution in [0, 0.1) is 0 Å². The third kappa shape index (κ3) is 2.51. The average Bonchev–Trinajstić information content (AvgIpc) is 1.99. The number of hydrogen-bond donors (Lipinski definition) is 0. The molecule has 0 saturated carbocycles. The van der Waals surface area contributed by atoms with E-state index in [1.54, 1.807) is 0 Å². The summed E-state index contributed by atoms with van der Waals surface area (Å²) in [5.74, 6) is -0.322. The van der Waals surface area contributed by atoms with Gasteiger partial charge < -0.3 is 4.74 Å². The number of methoxy groups -OCH3 is 1. The number of ether oxygens (including phenoxy) is 1. The fourth-order valence-electron chi connectivity index (χ4n) is 0.636. The first-order valence-electron chi connectivity index (χ1n) is 3.23. The largest absolute Gasteiger partial charge is 0.465 e. The molecule has 0 N–H and O–H groups in total. The van der Waals surface area contributed by atoms with Crippen molar-refractivity contribution in [2.24, 2.45) is 0 Å². The van der Waals surface area contributed by atoms with Gasteiger partial charge in [-0.1, -0.05) is 19.9 Å². The molecule has 2 heteroatoms. The van der Waals surface area contributed by atoms with Gasteiger partial charge in [0.25, 0.3) is 0 Å². The van der Waals surface area contributed by atoms with E-state index in [4.69, 9.17) is 0 Å². The van der Waals surface area contributed by atoms with Crippen LogP contribution in [-0.4, -0.2) is 13.1 Å². The molecule has 0 aliphatic rings. The molecule has 0 aliphatic heterocycles. The van der Waals surface area contributed by atoms with Crippen LogP contribution in [0.15, 0.2) is 17.9 Å². The lowest BCUT2D eigenvalue weighted by atomic mass is 10.2. The Morgan fingerprint density at radius 3 is 2.60 bits per heavy atom. The molecule has 0 aromatic carbocycles. The van der Waals surface area contributed by atoms with Gasteiger partial charge in [0.05, 0.1) is 12.7 Å². The highest BCUT2D eigenvalue weighted by Crippen LogP contribution is 2.03. The van der Waals surface area contributed by atoms with Crippen molar-refractivity contribution in [2.75, 3.05) is 7.11 Å². The number of esters is 1. The van der Waals surface area contributed by atoms with Crippen molar-refractivity contribution in [2.45, 2.75) is 19.8 Å². The molecule has 0 aliphatic carbocycles. The molecule has 0 fully saturated rings. The first-order valence-corrected chi connectivity index (χ1v) is 3.23. The smallest absolute Gasteiger partial charge is 0.341 e. The highest BCUT2D eigenvalue weighted by molar-refractivity contribution is 5.87. The van der Waals surface area contributed by atoms with Gasteiger partial charge in [-0.2, -0.15) is 0 Å². The Morgan fingerprint density at radius 2 is 2.30 bits per heavy atom. The Bertz CT molecular complexity index is 164. The zero-order chi connectivity index (χ0) is 7.98. The standard InChI is InChI=1S/C8H12O2/c1-4-6-7(5-2)8(9)10-3/h2,4,6H2,1,3H3. The SMILES string of the molecule is C=C=C(CCC)C(=O)OC. The zero-order valence-electron chi connectivity index (χ0n) is 6.44. The minimum Gasteiger partial charge on any atom is -0.465 e. The topological polar surface area (TPSA) is 26.3 Å². The molecule has 0 atom stereocenters. The highest BCUT2D eigenvalue weighted by Gasteiger charge is 2.05. The summed E-state index contributed by atoms with van der Waals surface area (Å²) in [6.07, 6.45) is 1.60. The van der Waals surface area contributed by atoms with Crippen LogP contribution in [0.3, 0.4) is 0 Å². The van der Waals surface area contributed by atoms with Crippen molar-refractivity contribution in [1.29, 1.82) is 0 Å². The van der Waals surface area contributed by atoms with Crippen molar-refractivity contribution in [3.8, 4) is 0 Å². The van der Waals surface area contributed by atoms with Crippen LogP contribution in [0.2, 0.25) is 0 Å². The van der Waals surface area contributed by atoms with Gasteiger partial charge in [0.1, 0.15) is 0 Å². The second kappa shape index (κ2) is 4.83. The maximum Gasteiger partial charge on any atom is 0.341 e. The Balaban J connectivity index is 4.09. The van der Waals surface area contributed by atoms with Crippen molar-refractivity contribution in [3.05, 3.63) is 17.9 Å². The van der Waals surface area contributed by atoms with Gasteiger partial charge in [0, 0.05) is 0 Å². The number of hydrogen-bond acceptors (Lipinski definition) is 2. The van der Waals surface area contributed by atoms with Crippen LogP contribution < -0.4 is 0 Å². The summed E-state index contributed by atoms with van der Waals surface area (Å²) in [6.45, 7) is 5.37. The van der Waals surface area contributed by atoms with E-state index in [2.05, 4.69) is 17.0 Å². The second-order valence-electron chi connectivity index (χ2n) is 1.90. The predicted octanol–water partition coefficient (Wildman–Crippen LogP) is 1.67. The van der Waals surface area contributed by atoms with Crippen LogP contribution in [0.4, 0.5) is 0 Å². The van der Waals surface area contributed by atoms with E-state index in [0.717, 1.165) is 6.42 Å². The van der Waals surface area contributed by atoms with Gasteiger partial charge in [-0.3, -0.25) is 0 Å². The average molecular weight is 140 g/mol. The summed E-state index contributed by atoms with van der Waals surface area (Å²) in [5.41, 5.74) is 3.08. The Kier molecular flexibility index (Phi) is 4.34. The minimum atomic E-state index is -0.322. The maximum absolute atomic E-state index is 10.8. The summed E-state index contributed by atoms with van der Waals surface area (Å²) in [7, 11) is 1.36. The molecule has 0 bridgehead atoms. The van der Waals surface area contributed by atoms with E-state index in [9.17, 15) is 4.79 Å². The number of carbonyl (C=O) groups excluding carboxylic acids is 1. The Morgan fingerprint density at radius 1 is 1.70 bits per heavy atom. The Labute approximate surface area is 61.2 Å². The molecule has 0 spiro atoms. The molecule has 0 aromatic heterocycles. The molecule has 0 saturated heterocycles. The second-order valence-corrected chi connectivity index (χ2v) is 1.90. The summed E-state index contributed by atoms with van der Waals surface area (Å²) < 4.78 is 4.48. The van der Waals surface area contributed by atoms with E-state index < -0.39 is 0 Å². The van der Waals surface area contributed by atoms with Gasteiger partial charge in [-0.05, 0) is 6.42 Å². The predicted molar refractivity (Wildman–Crippen MR) is 39.6 cm³/mol. The molecule has 0 heterocycles. The van der Waals surface area contributed by atoms with Crippen LogP contribution in [0.5, 0.6) is 0 Å². The molecule has 0 radical (unpaired) electrons. The first-order chi connectivity index (χ1) is 4.76. The molecular formula is C8H12O2. The van der Waals surface area contributed by atoms with E-state index in [1.165, 1.54) is 7.11 Å². The van der Waals surface area contributed by atoms with E-state index in [1.807, 2.05) is 6.92 Å². The summed E-state index contributed by atoms with van der Waals surface area (Å²) in [5, 5.41) is 0. The first kappa shape index (κ1) is 8.99. The third-order valence-electron chi connectivity index (χ3n) is 1.15. The lowest BCUT2D eigenvalue weighted by molar-refractivity contribution is -0.136. The molecule has 56 valence electrons. The third-order valence-corrected chi connectivity index (χ3v) is 1.15. The van der Waals surface area contributed by atoms with Crippen molar-refractivity contribution >= 4 is 5.97 Å². The lowest BCUT2D eigenvalue weighted by Crippen LogP contribution is -2.03. The molecular weight excluding hydrogens is 128 g/mol. The fraction of sp³-hybridized carbons (Fsp3) is 0.500. The highest BCUT2D eigenvalue weighted by atomic mass is 16.5. The maximum atomic E-state index is 10.8. The lowest BCUT2D eigenvalue weighted by Gasteiger charge is -1.98. The Hall–Kier alpha value is -1.01. The van der Waals surface area contributed by atoms with E-state index in [0.29, 0.717) is 12.0 Å². The van der Waals surface area contributed by atoms with Crippen LogP contribution in [0.1, 0.15) is 19.8 Å².